The number of aromatic amines is 1. The Kier molecular flexibility index (Phi) is 2.83. The zero-order chi connectivity index (χ0) is 13.4. The summed E-state index contributed by atoms with van der Waals surface area (Å²) in [6, 6.07) is 0. The number of imidazole rings is 1. The van der Waals surface area contributed by atoms with Crippen LogP contribution in [0.1, 0.15) is 17.0 Å². The fourth-order valence-electron chi connectivity index (χ4n) is 1.89. The summed E-state index contributed by atoms with van der Waals surface area (Å²) in [5.74, 6) is 0.580. The van der Waals surface area contributed by atoms with Crippen molar-refractivity contribution < 1.29 is 4.79 Å². The Bertz CT molecular complexity index is 738. The number of H-pyrrole nitrogens is 1. The number of fused-ring (bicyclic) bond motifs is 1. The first-order chi connectivity index (χ1) is 9.13. The molecule has 3 aromatic rings. The molecule has 1 amide bonds. The quantitative estimate of drug-likeness (QED) is 0.766. The molecule has 7 heteroatoms. The highest BCUT2D eigenvalue weighted by molar-refractivity contribution is 7.15. The van der Waals surface area contributed by atoms with Crippen LogP contribution < -0.4 is 5.32 Å². The van der Waals surface area contributed by atoms with Gasteiger partial charge < -0.3 is 5.32 Å². The Labute approximate surface area is 113 Å². The van der Waals surface area contributed by atoms with Gasteiger partial charge in [0.2, 0.25) is 5.91 Å². The number of hydrogen-bond acceptors (Lipinski definition) is 4. The summed E-state index contributed by atoms with van der Waals surface area (Å²) < 4.78 is 1.96. The third-order valence-corrected chi connectivity index (χ3v) is 3.73. The van der Waals surface area contributed by atoms with Gasteiger partial charge in [0.15, 0.2) is 4.96 Å². The normalized spacial score (nSPS) is 11.1. The molecule has 0 aliphatic carbocycles. The van der Waals surface area contributed by atoms with E-state index in [1.54, 1.807) is 6.20 Å². The number of hydrogen-bond donors (Lipinski definition) is 2. The third-order valence-electron chi connectivity index (χ3n) is 2.84. The molecule has 2 N–H and O–H groups in total. The molecule has 19 heavy (non-hydrogen) atoms. The zero-order valence-corrected chi connectivity index (χ0v) is 11.4. The molecule has 0 spiro atoms. The Morgan fingerprint density at radius 1 is 1.53 bits per heavy atom. The van der Waals surface area contributed by atoms with Crippen molar-refractivity contribution in [3.8, 4) is 0 Å². The maximum atomic E-state index is 12.0. The molecule has 3 rings (SSSR count). The number of nitrogens with one attached hydrogen (secondary N) is 2. The summed E-state index contributed by atoms with van der Waals surface area (Å²) in [5, 5.41) is 11.4. The van der Waals surface area contributed by atoms with Gasteiger partial charge >= 0.3 is 0 Å². The first-order valence-corrected chi connectivity index (χ1v) is 6.73. The number of amides is 1. The smallest absolute Gasteiger partial charge is 0.231 e. The second kappa shape index (κ2) is 4.51. The average molecular weight is 275 g/mol. The molecule has 0 unspecified atom stereocenters. The van der Waals surface area contributed by atoms with E-state index in [0.717, 1.165) is 21.9 Å². The van der Waals surface area contributed by atoms with E-state index >= 15 is 0 Å². The fraction of sp³-hybridized carbons (Fsp3) is 0.250. The highest BCUT2D eigenvalue weighted by Crippen LogP contribution is 2.17. The molecule has 3 heterocycles. The van der Waals surface area contributed by atoms with Gasteiger partial charge in [0.1, 0.15) is 5.82 Å². The van der Waals surface area contributed by atoms with Crippen LogP contribution >= 0.6 is 11.3 Å². The minimum atomic E-state index is -0.0709. The highest BCUT2D eigenvalue weighted by atomic mass is 32.1. The van der Waals surface area contributed by atoms with Crippen LogP contribution in [0.5, 0.6) is 0 Å². The molecule has 0 aliphatic rings. The number of thiazole rings is 1. The predicted octanol–water partition coefficient (Wildman–Crippen LogP) is 1.92. The Morgan fingerprint density at radius 3 is 3.11 bits per heavy atom. The fourth-order valence-corrected chi connectivity index (χ4v) is 2.81. The minimum Gasteiger partial charge on any atom is -0.311 e. The molecule has 0 radical (unpaired) electrons. The van der Waals surface area contributed by atoms with Crippen LogP contribution in [0.2, 0.25) is 0 Å². The van der Waals surface area contributed by atoms with Crippen LogP contribution in [0.3, 0.4) is 0 Å². The minimum absolute atomic E-state index is 0.0709. The largest absolute Gasteiger partial charge is 0.311 e. The lowest BCUT2D eigenvalue weighted by Gasteiger charge is -2.03. The monoisotopic (exact) mass is 275 g/mol. The van der Waals surface area contributed by atoms with Gasteiger partial charge in [-0.05, 0) is 13.8 Å². The SMILES string of the molecule is Cc1cn2c(CC(=O)Nc3[nH]ncc3C)csc2n1. The lowest BCUT2D eigenvalue weighted by Crippen LogP contribution is -2.16. The molecule has 0 fully saturated rings. The molecular weight excluding hydrogens is 262 g/mol. The van der Waals surface area contributed by atoms with E-state index in [9.17, 15) is 4.79 Å². The molecule has 0 saturated carbocycles. The van der Waals surface area contributed by atoms with Crippen LogP contribution in [0, 0.1) is 13.8 Å². The van der Waals surface area contributed by atoms with Gasteiger partial charge in [-0.15, -0.1) is 11.3 Å². The molecule has 3 aromatic heterocycles. The summed E-state index contributed by atoms with van der Waals surface area (Å²) in [5.41, 5.74) is 2.82. The predicted molar refractivity (Wildman–Crippen MR) is 73.5 cm³/mol. The van der Waals surface area contributed by atoms with Crippen molar-refractivity contribution in [2.45, 2.75) is 20.3 Å². The maximum absolute atomic E-state index is 12.0. The molecule has 0 aliphatic heterocycles. The van der Waals surface area contributed by atoms with Gasteiger partial charge in [-0.3, -0.25) is 14.3 Å². The van der Waals surface area contributed by atoms with Crippen LogP contribution in [0.4, 0.5) is 5.82 Å². The average Bonchev–Trinajstić information content (AvgIpc) is 2.99. The summed E-state index contributed by atoms with van der Waals surface area (Å²) in [7, 11) is 0. The van der Waals surface area contributed by atoms with Crippen LogP contribution in [-0.2, 0) is 11.2 Å². The number of nitrogens with zero attached hydrogens (tertiary/aromatic N) is 3. The molecule has 0 atom stereocenters. The molecule has 98 valence electrons. The third kappa shape index (κ3) is 2.24. The first-order valence-electron chi connectivity index (χ1n) is 5.85. The number of aryl methyl sites for hydroxylation is 2. The van der Waals surface area contributed by atoms with E-state index in [1.807, 2.05) is 29.8 Å². The highest BCUT2D eigenvalue weighted by Gasteiger charge is 2.12. The maximum Gasteiger partial charge on any atom is 0.231 e. The van der Waals surface area contributed by atoms with Crippen molar-refractivity contribution in [2.75, 3.05) is 5.32 Å². The van der Waals surface area contributed by atoms with Gasteiger partial charge in [0.05, 0.1) is 18.3 Å². The van der Waals surface area contributed by atoms with E-state index in [1.165, 1.54) is 11.3 Å². The van der Waals surface area contributed by atoms with Gasteiger partial charge in [-0.1, -0.05) is 0 Å². The topological polar surface area (TPSA) is 75.1 Å². The second-order valence-corrected chi connectivity index (χ2v) is 5.25. The molecular formula is C12H13N5OS. The number of carbonyl (C=O) groups is 1. The van der Waals surface area contributed by atoms with Crippen molar-refractivity contribution in [3.63, 3.8) is 0 Å². The van der Waals surface area contributed by atoms with Gasteiger partial charge in [0, 0.05) is 22.8 Å². The van der Waals surface area contributed by atoms with E-state index < -0.39 is 0 Å². The Morgan fingerprint density at radius 2 is 2.37 bits per heavy atom. The lowest BCUT2D eigenvalue weighted by molar-refractivity contribution is -0.115. The van der Waals surface area contributed by atoms with E-state index in [4.69, 9.17) is 0 Å². The van der Waals surface area contributed by atoms with Crippen molar-refractivity contribution in [3.05, 3.63) is 34.7 Å². The summed E-state index contributed by atoms with van der Waals surface area (Å²) in [4.78, 5) is 17.3. The number of rotatable bonds is 3. The summed E-state index contributed by atoms with van der Waals surface area (Å²) >= 11 is 1.54. The molecule has 6 nitrogen and oxygen atoms in total. The van der Waals surface area contributed by atoms with Crippen molar-refractivity contribution in [2.24, 2.45) is 0 Å². The number of aromatic nitrogens is 4. The van der Waals surface area contributed by atoms with E-state index in [-0.39, 0.29) is 5.91 Å². The zero-order valence-electron chi connectivity index (χ0n) is 10.6. The van der Waals surface area contributed by atoms with E-state index in [0.29, 0.717) is 12.2 Å². The Balaban J connectivity index is 1.77. The number of anilines is 1. The lowest BCUT2D eigenvalue weighted by atomic mass is 10.3. The van der Waals surface area contributed by atoms with Crippen molar-refractivity contribution >= 4 is 28.0 Å². The summed E-state index contributed by atoms with van der Waals surface area (Å²) in [6.07, 6.45) is 3.93. The first kappa shape index (κ1) is 11.9. The van der Waals surface area contributed by atoms with Crippen molar-refractivity contribution in [1.29, 1.82) is 0 Å². The van der Waals surface area contributed by atoms with Gasteiger partial charge in [-0.25, -0.2) is 4.98 Å². The number of carbonyl (C=O) groups excluding carboxylic acids is 1. The van der Waals surface area contributed by atoms with Gasteiger partial charge in [-0.2, -0.15) is 5.10 Å². The summed E-state index contributed by atoms with van der Waals surface area (Å²) in [6.45, 7) is 3.83. The molecule has 0 aromatic carbocycles. The second-order valence-electron chi connectivity index (χ2n) is 4.41. The molecule has 0 bridgehead atoms. The molecule has 0 saturated heterocycles. The Hall–Kier alpha value is -2.15. The standard InChI is InChI=1S/C12H13N5OS/c1-7-4-13-16-11(7)15-10(18)3-9-6-19-12-14-8(2)5-17(9)12/h4-6H,3H2,1-2H3,(H2,13,15,16,18). The van der Waals surface area contributed by atoms with Crippen molar-refractivity contribution in [1.82, 2.24) is 19.6 Å². The van der Waals surface area contributed by atoms with Gasteiger partial charge in [0.25, 0.3) is 0 Å². The van der Waals surface area contributed by atoms with E-state index in [2.05, 4.69) is 20.5 Å². The van der Waals surface area contributed by atoms with Crippen LogP contribution in [0.25, 0.3) is 4.96 Å². The van der Waals surface area contributed by atoms with Crippen LogP contribution in [-0.4, -0.2) is 25.5 Å². The van der Waals surface area contributed by atoms with Crippen LogP contribution in [0.15, 0.2) is 17.8 Å².